The predicted molar refractivity (Wildman–Crippen MR) is 69.1 cm³/mol. The van der Waals surface area contributed by atoms with Crippen LogP contribution in [-0.2, 0) is 0 Å². The van der Waals surface area contributed by atoms with Gasteiger partial charge < -0.3 is 5.32 Å². The zero-order valence-corrected chi connectivity index (χ0v) is 11.3. The van der Waals surface area contributed by atoms with E-state index in [-0.39, 0.29) is 0 Å². The maximum Gasteiger partial charge on any atom is 0.0638 e. The molecule has 0 spiro atoms. The Hall–Kier alpha value is -0.200. The number of hydrogen-bond acceptors (Lipinski definition) is 3. The molecule has 3 heteroatoms. The van der Waals surface area contributed by atoms with Crippen molar-refractivity contribution < 1.29 is 0 Å². The summed E-state index contributed by atoms with van der Waals surface area (Å²) in [4.78, 5) is 0. The molecule has 0 fully saturated rings. The first-order chi connectivity index (χ1) is 7.17. The standard InChI is InChI=1S/C12H24N2S/c1-5-11(8-9-13)14-10-12(6-2,7-3)15-4/h11,14H,5-8,10H2,1-4H3. The van der Waals surface area contributed by atoms with E-state index in [0.29, 0.717) is 17.2 Å². The Morgan fingerprint density at radius 3 is 2.27 bits per heavy atom. The van der Waals surface area contributed by atoms with Gasteiger partial charge in [-0.15, -0.1) is 0 Å². The highest BCUT2D eigenvalue weighted by molar-refractivity contribution is 8.00. The van der Waals surface area contributed by atoms with Crippen molar-refractivity contribution in [2.45, 2.75) is 57.2 Å². The van der Waals surface area contributed by atoms with Crippen molar-refractivity contribution in [1.29, 1.82) is 5.26 Å². The van der Waals surface area contributed by atoms with Crippen molar-refractivity contribution in [3.8, 4) is 6.07 Å². The number of thioether (sulfide) groups is 1. The van der Waals surface area contributed by atoms with Crippen LogP contribution in [0.25, 0.3) is 0 Å². The minimum absolute atomic E-state index is 0.350. The van der Waals surface area contributed by atoms with Crippen LogP contribution in [-0.4, -0.2) is 23.6 Å². The van der Waals surface area contributed by atoms with E-state index in [1.54, 1.807) is 0 Å². The molecule has 1 atom stereocenters. The van der Waals surface area contributed by atoms with E-state index in [4.69, 9.17) is 5.26 Å². The number of nitrogens with one attached hydrogen (secondary N) is 1. The SMILES string of the molecule is CCC(CC#N)NCC(CC)(CC)SC. The smallest absolute Gasteiger partial charge is 0.0638 e. The van der Waals surface area contributed by atoms with Gasteiger partial charge in [0.15, 0.2) is 0 Å². The van der Waals surface area contributed by atoms with Crippen LogP contribution in [0.3, 0.4) is 0 Å². The molecule has 15 heavy (non-hydrogen) atoms. The molecule has 88 valence electrons. The van der Waals surface area contributed by atoms with Gasteiger partial charge in [-0.3, -0.25) is 0 Å². The van der Waals surface area contributed by atoms with Crippen molar-refractivity contribution in [2.75, 3.05) is 12.8 Å². The predicted octanol–water partition coefficient (Wildman–Crippen LogP) is 3.19. The second kappa shape index (κ2) is 8.01. The van der Waals surface area contributed by atoms with Crippen molar-refractivity contribution in [1.82, 2.24) is 5.32 Å². The fourth-order valence-corrected chi connectivity index (χ4v) is 2.47. The lowest BCUT2D eigenvalue weighted by atomic mass is 10.0. The first-order valence-electron chi connectivity index (χ1n) is 5.83. The summed E-state index contributed by atoms with van der Waals surface area (Å²) in [5, 5.41) is 12.2. The van der Waals surface area contributed by atoms with E-state index < -0.39 is 0 Å². The first-order valence-corrected chi connectivity index (χ1v) is 7.05. The van der Waals surface area contributed by atoms with Gasteiger partial charge in [-0.2, -0.15) is 17.0 Å². The fourth-order valence-electron chi connectivity index (χ4n) is 1.66. The molecule has 2 nitrogen and oxygen atoms in total. The van der Waals surface area contributed by atoms with Gasteiger partial charge in [0.2, 0.25) is 0 Å². The second-order valence-electron chi connectivity index (χ2n) is 3.94. The van der Waals surface area contributed by atoms with Crippen LogP contribution in [0, 0.1) is 11.3 Å². The average molecular weight is 228 g/mol. The normalized spacial score (nSPS) is 13.5. The summed E-state index contributed by atoms with van der Waals surface area (Å²) >= 11 is 1.94. The Labute approximate surface area is 98.8 Å². The maximum absolute atomic E-state index is 8.67. The summed E-state index contributed by atoms with van der Waals surface area (Å²) in [5.74, 6) is 0. The lowest BCUT2D eigenvalue weighted by Crippen LogP contribution is -2.41. The molecule has 0 aliphatic rings. The lowest BCUT2D eigenvalue weighted by Gasteiger charge is -2.31. The van der Waals surface area contributed by atoms with Crippen LogP contribution < -0.4 is 5.32 Å². The first kappa shape index (κ1) is 14.8. The molecule has 0 heterocycles. The molecule has 0 radical (unpaired) electrons. The molecule has 0 aromatic heterocycles. The van der Waals surface area contributed by atoms with E-state index in [9.17, 15) is 0 Å². The van der Waals surface area contributed by atoms with Crippen molar-refractivity contribution in [3.05, 3.63) is 0 Å². The minimum atomic E-state index is 0.350. The Balaban J connectivity index is 4.14. The molecule has 0 saturated carbocycles. The summed E-state index contributed by atoms with van der Waals surface area (Å²) < 4.78 is 0.350. The number of rotatable bonds is 8. The van der Waals surface area contributed by atoms with Crippen LogP contribution in [0.5, 0.6) is 0 Å². The van der Waals surface area contributed by atoms with Crippen LogP contribution in [0.1, 0.15) is 46.5 Å². The highest BCUT2D eigenvalue weighted by atomic mass is 32.2. The van der Waals surface area contributed by atoms with Crippen LogP contribution >= 0.6 is 11.8 Å². The lowest BCUT2D eigenvalue weighted by molar-refractivity contribution is 0.433. The molecular formula is C12H24N2S. The van der Waals surface area contributed by atoms with Gasteiger partial charge in [0, 0.05) is 17.3 Å². The Kier molecular flexibility index (Phi) is 7.90. The van der Waals surface area contributed by atoms with Crippen molar-refractivity contribution in [2.24, 2.45) is 0 Å². The largest absolute Gasteiger partial charge is 0.312 e. The van der Waals surface area contributed by atoms with Gasteiger partial charge in [-0.1, -0.05) is 20.8 Å². The van der Waals surface area contributed by atoms with E-state index in [0.717, 1.165) is 13.0 Å². The zero-order chi connectivity index (χ0) is 11.7. The zero-order valence-electron chi connectivity index (χ0n) is 10.5. The fraction of sp³-hybridized carbons (Fsp3) is 0.917. The van der Waals surface area contributed by atoms with E-state index >= 15 is 0 Å². The number of nitriles is 1. The van der Waals surface area contributed by atoms with Crippen LogP contribution in [0.4, 0.5) is 0 Å². The van der Waals surface area contributed by atoms with Gasteiger partial charge in [0.05, 0.1) is 12.5 Å². The molecule has 1 unspecified atom stereocenters. The third-order valence-corrected chi connectivity index (χ3v) is 4.85. The topological polar surface area (TPSA) is 35.8 Å². The molecule has 0 amide bonds. The summed E-state index contributed by atoms with van der Waals surface area (Å²) in [6.45, 7) is 7.63. The third-order valence-electron chi connectivity index (χ3n) is 3.27. The van der Waals surface area contributed by atoms with E-state index in [2.05, 4.69) is 38.4 Å². The van der Waals surface area contributed by atoms with E-state index in [1.807, 2.05) is 11.8 Å². The average Bonchev–Trinajstić information content (AvgIpc) is 2.30. The highest BCUT2D eigenvalue weighted by Gasteiger charge is 2.25. The summed E-state index contributed by atoms with van der Waals surface area (Å²) in [6, 6.07) is 2.60. The third kappa shape index (κ3) is 4.90. The van der Waals surface area contributed by atoms with Crippen LogP contribution in [0.2, 0.25) is 0 Å². The Morgan fingerprint density at radius 1 is 1.33 bits per heavy atom. The molecule has 0 saturated heterocycles. The Morgan fingerprint density at radius 2 is 1.93 bits per heavy atom. The summed E-state index contributed by atoms with van der Waals surface area (Å²) in [6.07, 6.45) is 6.20. The van der Waals surface area contributed by atoms with Gasteiger partial charge in [0.1, 0.15) is 0 Å². The second-order valence-corrected chi connectivity index (χ2v) is 5.22. The highest BCUT2D eigenvalue weighted by Crippen LogP contribution is 2.29. The minimum Gasteiger partial charge on any atom is -0.312 e. The molecular weight excluding hydrogens is 204 g/mol. The van der Waals surface area contributed by atoms with Gasteiger partial charge in [-0.05, 0) is 25.5 Å². The molecule has 1 N–H and O–H groups in total. The summed E-state index contributed by atoms with van der Waals surface area (Å²) in [5.41, 5.74) is 0. The quantitative estimate of drug-likeness (QED) is 0.693. The van der Waals surface area contributed by atoms with Gasteiger partial charge in [-0.25, -0.2) is 0 Å². The van der Waals surface area contributed by atoms with E-state index in [1.165, 1.54) is 12.8 Å². The number of hydrogen-bond donors (Lipinski definition) is 1. The van der Waals surface area contributed by atoms with Crippen molar-refractivity contribution >= 4 is 11.8 Å². The summed E-state index contributed by atoms with van der Waals surface area (Å²) in [7, 11) is 0. The maximum atomic E-state index is 8.67. The molecule has 0 aromatic carbocycles. The van der Waals surface area contributed by atoms with Crippen LogP contribution in [0.15, 0.2) is 0 Å². The van der Waals surface area contributed by atoms with Gasteiger partial charge >= 0.3 is 0 Å². The molecule has 0 aliphatic carbocycles. The molecule has 0 aromatic rings. The number of nitrogens with zero attached hydrogens (tertiary/aromatic N) is 1. The Bertz CT molecular complexity index is 186. The van der Waals surface area contributed by atoms with Gasteiger partial charge in [0.25, 0.3) is 0 Å². The van der Waals surface area contributed by atoms with Crippen molar-refractivity contribution in [3.63, 3.8) is 0 Å². The monoisotopic (exact) mass is 228 g/mol. The molecule has 0 bridgehead atoms. The molecule has 0 rings (SSSR count). The molecule has 0 aliphatic heterocycles.